The van der Waals surface area contributed by atoms with Gasteiger partial charge in [0.1, 0.15) is 5.47 Å². The average molecular weight is 178 g/mol. The van der Waals surface area contributed by atoms with Crippen molar-refractivity contribution < 1.29 is 4.52 Å². The molecule has 2 atom stereocenters. The summed E-state index contributed by atoms with van der Waals surface area (Å²) in [6.07, 6.45) is 5.18. The summed E-state index contributed by atoms with van der Waals surface area (Å²) in [7, 11) is 0. The molecule has 0 bridgehead atoms. The molecule has 1 fully saturated rings. The van der Waals surface area contributed by atoms with Gasteiger partial charge >= 0.3 is 0 Å². The van der Waals surface area contributed by atoms with Crippen LogP contribution in [-0.2, 0) is 16.3 Å². The van der Waals surface area contributed by atoms with Crippen molar-refractivity contribution in [3.63, 3.8) is 0 Å². The Labute approximate surface area is 64.4 Å². The highest BCUT2D eigenvalue weighted by Gasteiger charge is 2.26. The Morgan fingerprint density at radius 3 is 2.89 bits per heavy atom. The molecule has 1 saturated heterocycles. The van der Waals surface area contributed by atoms with Gasteiger partial charge in [-0.05, 0) is 6.66 Å². The van der Waals surface area contributed by atoms with Gasteiger partial charge in [0.15, 0.2) is 0 Å². The summed E-state index contributed by atoms with van der Waals surface area (Å²) >= 11 is 6.74. The topological polar surface area (TPSA) is 9.23 Å². The maximum absolute atomic E-state index is 5.29. The maximum Gasteiger partial charge on any atom is 0.118 e. The SMILES string of the molecule is C#CC1COP(C)(=S)S1. The van der Waals surface area contributed by atoms with Gasteiger partial charge in [0, 0.05) is 0 Å². The van der Waals surface area contributed by atoms with Crippen LogP contribution in [0.3, 0.4) is 0 Å². The van der Waals surface area contributed by atoms with Gasteiger partial charge in [-0.1, -0.05) is 29.1 Å². The van der Waals surface area contributed by atoms with E-state index in [9.17, 15) is 0 Å². The quantitative estimate of drug-likeness (QED) is 0.412. The number of hydrogen-bond donors (Lipinski definition) is 0. The maximum atomic E-state index is 5.29. The second-order valence-corrected chi connectivity index (χ2v) is 9.92. The molecule has 4 heteroatoms. The third-order valence-electron chi connectivity index (χ3n) is 0.965. The number of hydrogen-bond acceptors (Lipinski definition) is 3. The van der Waals surface area contributed by atoms with Crippen molar-refractivity contribution in [1.29, 1.82) is 0 Å². The second kappa shape index (κ2) is 2.64. The first-order valence-corrected chi connectivity index (χ1v) is 7.16. The second-order valence-electron chi connectivity index (χ2n) is 1.83. The molecule has 1 rings (SSSR count). The Morgan fingerprint density at radius 1 is 2.00 bits per heavy atom. The standard InChI is InChI=1S/C5H7OPS2/c1-3-5-4-6-7(2,8)9-5/h1,5H,4H2,2H3. The molecule has 1 aliphatic rings. The van der Waals surface area contributed by atoms with E-state index in [1.165, 1.54) is 0 Å². The van der Waals surface area contributed by atoms with Crippen molar-refractivity contribution in [2.24, 2.45) is 0 Å². The van der Waals surface area contributed by atoms with Crippen molar-refractivity contribution in [1.82, 2.24) is 0 Å². The first kappa shape index (κ1) is 7.63. The Kier molecular flexibility index (Phi) is 2.23. The Balaban J connectivity index is 2.60. The smallest absolute Gasteiger partial charge is 0.118 e. The van der Waals surface area contributed by atoms with Gasteiger partial charge in [-0.25, -0.2) is 0 Å². The minimum absolute atomic E-state index is 0.209. The van der Waals surface area contributed by atoms with E-state index in [1.54, 1.807) is 11.4 Å². The minimum atomic E-state index is -1.51. The van der Waals surface area contributed by atoms with Gasteiger partial charge in [-0.2, -0.15) is 0 Å². The first-order valence-electron chi connectivity index (χ1n) is 2.50. The molecule has 0 aromatic heterocycles. The van der Waals surface area contributed by atoms with E-state index in [0.29, 0.717) is 6.61 Å². The Hall–Kier alpha value is 0.520. The van der Waals surface area contributed by atoms with Crippen LogP contribution in [0.15, 0.2) is 0 Å². The molecule has 0 amide bonds. The zero-order valence-electron chi connectivity index (χ0n) is 5.03. The lowest BCUT2D eigenvalue weighted by Gasteiger charge is -2.02. The van der Waals surface area contributed by atoms with Crippen LogP contribution in [0, 0.1) is 12.3 Å². The van der Waals surface area contributed by atoms with Crippen LogP contribution in [0.4, 0.5) is 0 Å². The zero-order chi connectivity index (χ0) is 6.91. The van der Waals surface area contributed by atoms with E-state index in [-0.39, 0.29) is 5.25 Å². The lowest BCUT2D eigenvalue weighted by atomic mass is 10.5. The molecule has 0 N–H and O–H groups in total. The van der Waals surface area contributed by atoms with Gasteiger partial charge in [0.25, 0.3) is 0 Å². The van der Waals surface area contributed by atoms with E-state index >= 15 is 0 Å². The molecular weight excluding hydrogens is 171 g/mol. The predicted octanol–water partition coefficient (Wildman–Crippen LogP) is 1.69. The van der Waals surface area contributed by atoms with Crippen LogP contribution >= 0.6 is 16.8 Å². The fourth-order valence-corrected chi connectivity index (χ4v) is 5.04. The zero-order valence-corrected chi connectivity index (χ0v) is 7.56. The monoisotopic (exact) mass is 178 g/mol. The molecule has 0 spiro atoms. The molecule has 1 heterocycles. The van der Waals surface area contributed by atoms with Crippen molar-refractivity contribution in [3.05, 3.63) is 0 Å². The predicted molar refractivity (Wildman–Crippen MR) is 46.4 cm³/mol. The lowest BCUT2D eigenvalue weighted by Crippen LogP contribution is -1.96. The fraction of sp³-hybridized carbons (Fsp3) is 0.600. The van der Waals surface area contributed by atoms with Gasteiger partial charge in [0.05, 0.1) is 11.9 Å². The van der Waals surface area contributed by atoms with Crippen LogP contribution in [0.5, 0.6) is 0 Å². The molecule has 2 unspecified atom stereocenters. The molecule has 9 heavy (non-hydrogen) atoms. The van der Waals surface area contributed by atoms with Crippen molar-refractivity contribution in [3.8, 4) is 12.3 Å². The summed E-state index contributed by atoms with van der Waals surface area (Å²) < 4.78 is 5.29. The molecule has 0 aromatic rings. The summed E-state index contributed by atoms with van der Waals surface area (Å²) in [5.74, 6) is 2.62. The molecular formula is C5H7OPS2. The van der Waals surface area contributed by atoms with Crippen LogP contribution in [0.2, 0.25) is 0 Å². The van der Waals surface area contributed by atoms with Gasteiger partial charge in [-0.3, -0.25) is 0 Å². The molecule has 1 aliphatic heterocycles. The molecule has 0 saturated carbocycles. The van der Waals surface area contributed by atoms with E-state index in [1.807, 2.05) is 6.66 Å². The largest absolute Gasteiger partial charge is 0.339 e. The fourth-order valence-electron chi connectivity index (χ4n) is 0.574. The van der Waals surface area contributed by atoms with Crippen LogP contribution in [0.1, 0.15) is 0 Å². The van der Waals surface area contributed by atoms with Crippen molar-refractivity contribution in [2.75, 3.05) is 13.3 Å². The molecule has 0 radical (unpaired) electrons. The van der Waals surface area contributed by atoms with Crippen molar-refractivity contribution in [2.45, 2.75) is 5.25 Å². The minimum Gasteiger partial charge on any atom is -0.339 e. The van der Waals surface area contributed by atoms with E-state index in [4.69, 9.17) is 22.8 Å². The van der Waals surface area contributed by atoms with E-state index < -0.39 is 5.47 Å². The van der Waals surface area contributed by atoms with E-state index in [2.05, 4.69) is 5.92 Å². The lowest BCUT2D eigenvalue weighted by molar-refractivity contribution is 0.387. The normalized spacial score (nSPS) is 42.4. The summed E-state index contributed by atoms with van der Waals surface area (Å²) in [5.41, 5.74) is -1.51. The summed E-state index contributed by atoms with van der Waals surface area (Å²) in [4.78, 5) is 0. The molecule has 50 valence electrons. The van der Waals surface area contributed by atoms with Crippen molar-refractivity contribution >= 4 is 28.7 Å². The van der Waals surface area contributed by atoms with Gasteiger partial charge < -0.3 is 4.52 Å². The first-order chi connectivity index (χ1) is 4.14. The third-order valence-corrected chi connectivity index (χ3v) is 5.81. The van der Waals surface area contributed by atoms with Gasteiger partial charge in [-0.15, -0.1) is 6.42 Å². The van der Waals surface area contributed by atoms with E-state index in [0.717, 1.165) is 0 Å². The average Bonchev–Trinajstić information content (AvgIpc) is 2.10. The third kappa shape index (κ3) is 1.98. The number of rotatable bonds is 0. The molecule has 1 nitrogen and oxygen atoms in total. The summed E-state index contributed by atoms with van der Waals surface area (Å²) in [6.45, 7) is 2.61. The molecule has 0 aromatic carbocycles. The van der Waals surface area contributed by atoms with Crippen LogP contribution in [-0.4, -0.2) is 18.5 Å². The highest BCUT2D eigenvalue weighted by Crippen LogP contribution is 2.63. The molecule has 0 aliphatic carbocycles. The highest BCUT2D eigenvalue weighted by molar-refractivity contribution is 8.69. The highest BCUT2D eigenvalue weighted by atomic mass is 32.9. The Morgan fingerprint density at radius 2 is 2.67 bits per heavy atom. The van der Waals surface area contributed by atoms with Crippen LogP contribution in [0.25, 0.3) is 0 Å². The summed E-state index contributed by atoms with van der Waals surface area (Å²) in [5, 5.41) is 0.209. The summed E-state index contributed by atoms with van der Waals surface area (Å²) in [6, 6.07) is 0. The van der Waals surface area contributed by atoms with Gasteiger partial charge in [0.2, 0.25) is 0 Å². The van der Waals surface area contributed by atoms with Crippen LogP contribution < -0.4 is 0 Å². The Bertz CT molecular complexity index is 196. The number of terminal acetylenes is 1.